The highest BCUT2D eigenvalue weighted by molar-refractivity contribution is 5.67. The minimum absolute atomic E-state index is 0.133. The van der Waals surface area contributed by atoms with Gasteiger partial charge in [0.2, 0.25) is 0 Å². The number of hydrogen-bond donors (Lipinski definition) is 0. The third-order valence-corrected chi connectivity index (χ3v) is 3.00. The molecule has 114 valence electrons. The maximum absolute atomic E-state index is 12.0. The van der Waals surface area contributed by atoms with Gasteiger partial charge >= 0.3 is 6.09 Å². The Hall–Kier alpha value is -2.07. The third kappa shape index (κ3) is 3.73. The number of amides is 1. The molecule has 0 unspecified atom stereocenters. The summed E-state index contributed by atoms with van der Waals surface area (Å²) < 4.78 is 12.2. The lowest BCUT2D eigenvalue weighted by Gasteiger charge is -2.29. The normalized spacial score (nSPS) is 15.2. The zero-order chi connectivity index (χ0) is 15.6. The molecule has 0 saturated carbocycles. The molecule has 0 radical (unpaired) electrons. The largest absolute Gasteiger partial charge is 0.444 e. The Labute approximate surface area is 124 Å². The molecule has 2 heterocycles. The van der Waals surface area contributed by atoms with E-state index in [1.807, 2.05) is 26.8 Å². The van der Waals surface area contributed by atoms with Gasteiger partial charge in [-0.1, -0.05) is 0 Å². The summed E-state index contributed by atoms with van der Waals surface area (Å²) in [5, 5.41) is 13.2. The van der Waals surface area contributed by atoms with Crippen LogP contribution in [-0.2, 0) is 16.0 Å². The molecule has 1 fully saturated rings. The first-order valence-electron chi connectivity index (χ1n) is 6.80. The van der Waals surface area contributed by atoms with Crippen molar-refractivity contribution in [3.05, 3.63) is 17.5 Å². The van der Waals surface area contributed by atoms with Gasteiger partial charge in [-0.3, -0.25) is 4.68 Å². The summed E-state index contributed by atoms with van der Waals surface area (Å²) in [7, 11) is 1.66. The first-order valence-corrected chi connectivity index (χ1v) is 6.80. The number of carbonyl (C=O) groups is 1. The SMILES string of the molecule is CN(Cc1cc(C#N)nn1C1COC1)C(=O)OC(C)(C)C. The molecule has 1 aromatic heterocycles. The smallest absolute Gasteiger partial charge is 0.410 e. The Balaban J connectivity index is 2.09. The van der Waals surface area contributed by atoms with Crippen LogP contribution in [-0.4, -0.2) is 46.6 Å². The van der Waals surface area contributed by atoms with Crippen molar-refractivity contribution in [2.24, 2.45) is 0 Å². The first-order chi connectivity index (χ1) is 9.80. The zero-order valence-electron chi connectivity index (χ0n) is 12.8. The minimum atomic E-state index is -0.536. The van der Waals surface area contributed by atoms with E-state index in [-0.39, 0.29) is 6.04 Å². The molecule has 1 aliphatic rings. The third-order valence-electron chi connectivity index (χ3n) is 3.00. The molecule has 0 aliphatic carbocycles. The Morgan fingerprint density at radius 3 is 2.76 bits per heavy atom. The Morgan fingerprint density at radius 2 is 2.29 bits per heavy atom. The summed E-state index contributed by atoms with van der Waals surface area (Å²) in [5.41, 5.74) is 0.605. The number of aromatic nitrogens is 2. The molecule has 7 heteroatoms. The van der Waals surface area contributed by atoms with Crippen molar-refractivity contribution in [2.75, 3.05) is 20.3 Å². The molecule has 0 aromatic carbocycles. The predicted octanol–water partition coefficient (Wildman–Crippen LogP) is 1.69. The van der Waals surface area contributed by atoms with Crippen molar-refractivity contribution < 1.29 is 14.3 Å². The summed E-state index contributed by atoms with van der Waals surface area (Å²) in [4.78, 5) is 13.5. The maximum atomic E-state index is 12.0. The molecule has 0 atom stereocenters. The van der Waals surface area contributed by atoms with Crippen LogP contribution in [0.25, 0.3) is 0 Å². The average molecular weight is 292 g/mol. The van der Waals surface area contributed by atoms with E-state index in [0.717, 1.165) is 5.69 Å². The summed E-state index contributed by atoms with van der Waals surface area (Å²) in [6.07, 6.45) is -0.404. The summed E-state index contributed by atoms with van der Waals surface area (Å²) in [5.74, 6) is 0. The van der Waals surface area contributed by atoms with Gasteiger partial charge < -0.3 is 14.4 Å². The van der Waals surface area contributed by atoms with E-state index in [1.54, 1.807) is 17.8 Å². The molecule has 7 nitrogen and oxygen atoms in total. The van der Waals surface area contributed by atoms with Crippen LogP contribution in [0, 0.1) is 11.3 Å². The molecular formula is C14H20N4O3. The van der Waals surface area contributed by atoms with E-state index in [2.05, 4.69) is 5.10 Å². The van der Waals surface area contributed by atoms with Gasteiger partial charge in [-0.05, 0) is 26.8 Å². The minimum Gasteiger partial charge on any atom is -0.444 e. The van der Waals surface area contributed by atoms with Crippen molar-refractivity contribution in [3.8, 4) is 6.07 Å². The van der Waals surface area contributed by atoms with Gasteiger partial charge in [-0.15, -0.1) is 0 Å². The standard InChI is InChI=1S/C14H20N4O3/c1-14(2,3)21-13(19)17(4)7-11-5-10(6-15)16-18(11)12-8-20-9-12/h5,12H,7-9H2,1-4H3. The summed E-state index contributed by atoms with van der Waals surface area (Å²) >= 11 is 0. The van der Waals surface area contributed by atoms with Gasteiger partial charge in [0.1, 0.15) is 11.7 Å². The Kier molecular flexibility index (Phi) is 4.19. The van der Waals surface area contributed by atoms with Crippen molar-refractivity contribution in [1.82, 2.24) is 14.7 Å². The van der Waals surface area contributed by atoms with Crippen LogP contribution in [0.1, 0.15) is 38.2 Å². The Bertz CT molecular complexity index is 564. The van der Waals surface area contributed by atoms with Gasteiger partial charge in [-0.2, -0.15) is 10.4 Å². The van der Waals surface area contributed by atoms with Crippen LogP contribution in [0.15, 0.2) is 6.07 Å². The lowest BCUT2D eigenvalue weighted by atomic mass is 10.2. The highest BCUT2D eigenvalue weighted by Gasteiger charge is 2.26. The monoisotopic (exact) mass is 292 g/mol. The van der Waals surface area contributed by atoms with Gasteiger partial charge in [0.25, 0.3) is 0 Å². The van der Waals surface area contributed by atoms with Crippen molar-refractivity contribution in [3.63, 3.8) is 0 Å². The molecule has 0 bridgehead atoms. The summed E-state index contributed by atoms with van der Waals surface area (Å²) in [6.45, 7) is 6.96. The van der Waals surface area contributed by atoms with E-state index in [1.165, 1.54) is 4.90 Å². The van der Waals surface area contributed by atoms with Crippen molar-refractivity contribution in [2.45, 2.75) is 39.0 Å². The number of nitriles is 1. The molecule has 2 rings (SSSR count). The maximum Gasteiger partial charge on any atom is 0.410 e. The molecule has 1 saturated heterocycles. The fourth-order valence-electron chi connectivity index (χ4n) is 1.93. The zero-order valence-corrected chi connectivity index (χ0v) is 12.8. The van der Waals surface area contributed by atoms with Gasteiger partial charge in [0.05, 0.1) is 31.5 Å². The van der Waals surface area contributed by atoms with Crippen molar-refractivity contribution >= 4 is 6.09 Å². The van der Waals surface area contributed by atoms with E-state index >= 15 is 0 Å². The average Bonchev–Trinajstić information content (AvgIpc) is 2.68. The van der Waals surface area contributed by atoms with E-state index in [0.29, 0.717) is 25.5 Å². The quantitative estimate of drug-likeness (QED) is 0.847. The predicted molar refractivity (Wildman–Crippen MR) is 74.5 cm³/mol. The van der Waals surface area contributed by atoms with Gasteiger partial charge in [0.15, 0.2) is 5.69 Å². The fraction of sp³-hybridized carbons (Fsp3) is 0.643. The Morgan fingerprint density at radius 1 is 1.62 bits per heavy atom. The topological polar surface area (TPSA) is 80.4 Å². The number of carbonyl (C=O) groups excluding carboxylic acids is 1. The molecule has 21 heavy (non-hydrogen) atoms. The second-order valence-electron chi connectivity index (χ2n) is 6.10. The van der Waals surface area contributed by atoms with Crippen molar-refractivity contribution in [1.29, 1.82) is 5.26 Å². The molecule has 0 N–H and O–H groups in total. The van der Waals surface area contributed by atoms with Crippen LogP contribution >= 0.6 is 0 Å². The second-order valence-corrected chi connectivity index (χ2v) is 6.10. The highest BCUT2D eigenvalue weighted by atomic mass is 16.6. The van der Waals surface area contributed by atoms with Crippen LogP contribution in [0.5, 0.6) is 0 Å². The van der Waals surface area contributed by atoms with E-state index < -0.39 is 11.7 Å². The number of hydrogen-bond acceptors (Lipinski definition) is 5. The van der Waals surface area contributed by atoms with Crippen LogP contribution in [0.3, 0.4) is 0 Å². The van der Waals surface area contributed by atoms with Crippen LogP contribution < -0.4 is 0 Å². The van der Waals surface area contributed by atoms with Crippen LogP contribution in [0.2, 0.25) is 0 Å². The highest BCUT2D eigenvalue weighted by Crippen LogP contribution is 2.21. The van der Waals surface area contributed by atoms with Gasteiger partial charge in [0, 0.05) is 7.05 Å². The number of rotatable bonds is 3. The molecule has 1 aromatic rings. The van der Waals surface area contributed by atoms with Crippen LogP contribution in [0.4, 0.5) is 4.79 Å². The summed E-state index contributed by atoms with van der Waals surface area (Å²) in [6, 6.07) is 3.85. The molecular weight excluding hydrogens is 272 g/mol. The lowest BCUT2D eigenvalue weighted by Crippen LogP contribution is -2.36. The number of nitrogens with zero attached hydrogens (tertiary/aromatic N) is 4. The van der Waals surface area contributed by atoms with Gasteiger partial charge in [-0.25, -0.2) is 4.79 Å². The van der Waals surface area contributed by atoms with E-state index in [9.17, 15) is 4.79 Å². The molecule has 1 aliphatic heterocycles. The lowest BCUT2D eigenvalue weighted by molar-refractivity contribution is -0.0307. The van der Waals surface area contributed by atoms with E-state index in [4.69, 9.17) is 14.7 Å². The molecule has 1 amide bonds. The first kappa shape index (κ1) is 15.3. The molecule has 0 spiro atoms. The number of ether oxygens (including phenoxy) is 2. The second kappa shape index (κ2) is 5.74. The fourth-order valence-corrected chi connectivity index (χ4v) is 1.93.